The molecular formula is C20H20N2O7. The summed E-state index contributed by atoms with van der Waals surface area (Å²) in [6.45, 7) is -0.0240. The summed E-state index contributed by atoms with van der Waals surface area (Å²) in [4.78, 5) is 30.0. The van der Waals surface area contributed by atoms with E-state index in [-0.39, 0.29) is 24.6 Å². The second-order valence-corrected chi connectivity index (χ2v) is 5.84. The highest BCUT2D eigenvalue weighted by atomic mass is 16.5. The van der Waals surface area contributed by atoms with Crippen molar-refractivity contribution in [3.63, 3.8) is 0 Å². The SMILES string of the molecule is COC(=O)C1=C(C(=O)OC)N(c2ccc(Oc3cccnc3)c(OC)c2)COC1. The number of methoxy groups -OCH3 is 3. The molecule has 1 aromatic heterocycles. The Morgan fingerprint density at radius 2 is 1.86 bits per heavy atom. The summed E-state index contributed by atoms with van der Waals surface area (Å²) in [6.07, 6.45) is 3.22. The van der Waals surface area contributed by atoms with Gasteiger partial charge in [0.25, 0.3) is 0 Å². The highest BCUT2D eigenvalue weighted by molar-refractivity contribution is 6.03. The van der Waals surface area contributed by atoms with E-state index in [9.17, 15) is 9.59 Å². The van der Waals surface area contributed by atoms with Crippen molar-refractivity contribution in [2.75, 3.05) is 39.6 Å². The molecule has 1 aliphatic rings. The summed E-state index contributed by atoms with van der Waals surface area (Å²) in [7, 11) is 3.97. The number of hydrogen-bond donors (Lipinski definition) is 0. The molecule has 0 fully saturated rings. The lowest BCUT2D eigenvalue weighted by molar-refractivity contribution is -0.140. The molecule has 0 aliphatic carbocycles. The first kappa shape index (κ1) is 20.2. The van der Waals surface area contributed by atoms with Gasteiger partial charge in [-0.25, -0.2) is 9.59 Å². The normalized spacial score (nSPS) is 13.7. The number of benzene rings is 1. The van der Waals surface area contributed by atoms with Crippen LogP contribution in [0.5, 0.6) is 17.2 Å². The van der Waals surface area contributed by atoms with Crippen LogP contribution < -0.4 is 14.4 Å². The van der Waals surface area contributed by atoms with E-state index in [4.69, 9.17) is 23.7 Å². The van der Waals surface area contributed by atoms with Crippen molar-refractivity contribution in [2.45, 2.75) is 0 Å². The third kappa shape index (κ3) is 4.30. The molecule has 2 heterocycles. The Hall–Kier alpha value is -3.59. The third-order valence-corrected chi connectivity index (χ3v) is 4.15. The van der Waals surface area contributed by atoms with E-state index in [1.807, 2.05) is 0 Å². The van der Waals surface area contributed by atoms with Gasteiger partial charge in [0.2, 0.25) is 0 Å². The third-order valence-electron chi connectivity index (χ3n) is 4.15. The van der Waals surface area contributed by atoms with E-state index >= 15 is 0 Å². The minimum absolute atomic E-state index is 0.0386. The van der Waals surface area contributed by atoms with Gasteiger partial charge in [0, 0.05) is 18.0 Å². The molecule has 3 rings (SSSR count). The van der Waals surface area contributed by atoms with Gasteiger partial charge in [-0.05, 0) is 24.3 Å². The average molecular weight is 400 g/mol. The summed E-state index contributed by atoms with van der Waals surface area (Å²) in [5.41, 5.74) is 0.663. The van der Waals surface area contributed by atoms with Crippen molar-refractivity contribution >= 4 is 17.6 Å². The molecule has 0 unspecified atom stereocenters. The first-order chi connectivity index (χ1) is 14.1. The number of anilines is 1. The standard InChI is InChI=1S/C20H20N2O7/c1-25-17-9-13(6-7-16(17)29-14-5-4-8-21-10-14)22-12-28-11-15(19(23)26-2)18(22)20(24)27-3/h4-10H,11-12H2,1-3H3. The van der Waals surface area contributed by atoms with Crippen molar-refractivity contribution < 1.29 is 33.3 Å². The van der Waals surface area contributed by atoms with E-state index in [0.29, 0.717) is 22.9 Å². The highest BCUT2D eigenvalue weighted by Crippen LogP contribution is 2.37. The van der Waals surface area contributed by atoms with Gasteiger partial charge in [-0.1, -0.05) is 0 Å². The Balaban J connectivity index is 2.00. The lowest BCUT2D eigenvalue weighted by atomic mass is 10.1. The maximum atomic E-state index is 12.4. The zero-order valence-electron chi connectivity index (χ0n) is 16.2. The molecule has 9 heteroatoms. The van der Waals surface area contributed by atoms with E-state index in [1.54, 1.807) is 42.7 Å². The summed E-state index contributed by atoms with van der Waals surface area (Å²) in [6, 6.07) is 8.57. The van der Waals surface area contributed by atoms with Gasteiger partial charge in [0.15, 0.2) is 11.5 Å². The van der Waals surface area contributed by atoms with E-state index < -0.39 is 11.9 Å². The van der Waals surface area contributed by atoms with Crippen molar-refractivity contribution in [1.82, 2.24) is 4.98 Å². The molecule has 0 radical (unpaired) electrons. The van der Waals surface area contributed by atoms with Crippen LogP contribution in [0, 0.1) is 0 Å². The fourth-order valence-electron chi connectivity index (χ4n) is 2.79. The molecule has 0 saturated heterocycles. The summed E-state index contributed by atoms with van der Waals surface area (Å²) >= 11 is 0. The molecule has 29 heavy (non-hydrogen) atoms. The van der Waals surface area contributed by atoms with Crippen LogP contribution in [-0.2, 0) is 23.8 Å². The molecule has 2 aromatic rings. The van der Waals surface area contributed by atoms with E-state index in [1.165, 1.54) is 26.2 Å². The molecule has 0 saturated carbocycles. The molecule has 0 bridgehead atoms. The Labute approximate surface area is 167 Å². The quantitative estimate of drug-likeness (QED) is 0.677. The lowest BCUT2D eigenvalue weighted by Crippen LogP contribution is -2.38. The summed E-state index contributed by atoms with van der Waals surface area (Å²) in [5, 5.41) is 0. The predicted octanol–water partition coefficient (Wildman–Crippen LogP) is 2.28. The number of nitrogens with zero attached hydrogens (tertiary/aromatic N) is 2. The molecule has 1 aromatic carbocycles. The van der Waals surface area contributed by atoms with Gasteiger partial charge in [0.05, 0.1) is 39.7 Å². The Bertz CT molecular complexity index is 928. The minimum atomic E-state index is -0.677. The number of pyridine rings is 1. The second kappa shape index (κ2) is 9.07. The maximum Gasteiger partial charge on any atom is 0.355 e. The zero-order valence-corrected chi connectivity index (χ0v) is 16.2. The van der Waals surface area contributed by atoms with Crippen molar-refractivity contribution in [2.24, 2.45) is 0 Å². The van der Waals surface area contributed by atoms with Crippen molar-refractivity contribution in [3.8, 4) is 17.2 Å². The van der Waals surface area contributed by atoms with Crippen LogP contribution >= 0.6 is 0 Å². The average Bonchev–Trinajstić information content (AvgIpc) is 2.78. The van der Waals surface area contributed by atoms with Gasteiger partial charge < -0.3 is 28.6 Å². The second-order valence-electron chi connectivity index (χ2n) is 5.84. The molecule has 1 aliphatic heterocycles. The molecule has 9 nitrogen and oxygen atoms in total. The number of carbonyl (C=O) groups is 2. The molecule has 0 atom stereocenters. The van der Waals surface area contributed by atoms with Crippen molar-refractivity contribution in [1.29, 1.82) is 0 Å². The smallest absolute Gasteiger partial charge is 0.355 e. The number of ether oxygens (including phenoxy) is 5. The lowest BCUT2D eigenvalue weighted by Gasteiger charge is -2.31. The van der Waals surface area contributed by atoms with Crippen LogP contribution in [0.1, 0.15) is 0 Å². The highest BCUT2D eigenvalue weighted by Gasteiger charge is 2.32. The number of aromatic nitrogens is 1. The van der Waals surface area contributed by atoms with Gasteiger partial charge in [-0.3, -0.25) is 4.98 Å². The molecule has 0 amide bonds. The number of rotatable bonds is 6. The molecule has 152 valence electrons. The Kier molecular flexibility index (Phi) is 6.30. The molecular weight excluding hydrogens is 380 g/mol. The van der Waals surface area contributed by atoms with Crippen LogP contribution in [-0.4, -0.2) is 51.6 Å². The van der Waals surface area contributed by atoms with Gasteiger partial charge in [-0.2, -0.15) is 0 Å². The number of esters is 2. The van der Waals surface area contributed by atoms with Gasteiger partial charge in [0.1, 0.15) is 18.2 Å². The molecule has 0 spiro atoms. The van der Waals surface area contributed by atoms with Crippen LogP contribution in [0.25, 0.3) is 0 Å². The van der Waals surface area contributed by atoms with Crippen LogP contribution in [0.3, 0.4) is 0 Å². The van der Waals surface area contributed by atoms with Crippen LogP contribution in [0.4, 0.5) is 5.69 Å². The Morgan fingerprint density at radius 3 is 2.52 bits per heavy atom. The number of hydrogen-bond acceptors (Lipinski definition) is 9. The minimum Gasteiger partial charge on any atom is -0.493 e. The zero-order chi connectivity index (χ0) is 20.8. The summed E-state index contributed by atoms with van der Waals surface area (Å²) < 4.78 is 26.3. The van der Waals surface area contributed by atoms with E-state index in [2.05, 4.69) is 4.98 Å². The predicted molar refractivity (Wildman–Crippen MR) is 102 cm³/mol. The largest absolute Gasteiger partial charge is 0.493 e. The van der Waals surface area contributed by atoms with Crippen LogP contribution in [0.2, 0.25) is 0 Å². The van der Waals surface area contributed by atoms with Gasteiger partial charge >= 0.3 is 11.9 Å². The Morgan fingerprint density at radius 1 is 1.07 bits per heavy atom. The first-order valence-corrected chi connectivity index (χ1v) is 8.60. The van der Waals surface area contributed by atoms with Crippen molar-refractivity contribution in [3.05, 3.63) is 54.0 Å². The number of carbonyl (C=O) groups excluding carboxylic acids is 2. The van der Waals surface area contributed by atoms with Crippen LogP contribution in [0.15, 0.2) is 54.0 Å². The first-order valence-electron chi connectivity index (χ1n) is 8.60. The maximum absolute atomic E-state index is 12.4. The topological polar surface area (TPSA) is 96.4 Å². The van der Waals surface area contributed by atoms with Gasteiger partial charge in [-0.15, -0.1) is 0 Å². The summed E-state index contributed by atoms with van der Waals surface area (Å²) in [5.74, 6) is 0.0738. The van der Waals surface area contributed by atoms with E-state index in [0.717, 1.165) is 0 Å². The fraction of sp³-hybridized carbons (Fsp3) is 0.250. The monoisotopic (exact) mass is 400 g/mol. The molecule has 0 N–H and O–H groups in total. The fourth-order valence-corrected chi connectivity index (χ4v) is 2.79.